The van der Waals surface area contributed by atoms with Crippen LogP contribution in [0.25, 0.3) is 27.5 Å². The number of anilines is 1. The van der Waals surface area contributed by atoms with E-state index >= 15 is 0 Å². The minimum atomic E-state index is 0.156. The van der Waals surface area contributed by atoms with Gasteiger partial charge < -0.3 is 30.2 Å². The Labute approximate surface area is 190 Å². The van der Waals surface area contributed by atoms with Crippen molar-refractivity contribution in [2.45, 2.75) is 12.8 Å². The minimum absolute atomic E-state index is 0.156. The zero-order valence-corrected chi connectivity index (χ0v) is 18.7. The van der Waals surface area contributed by atoms with E-state index in [0.717, 1.165) is 31.4 Å². The molecule has 8 nitrogen and oxygen atoms in total. The van der Waals surface area contributed by atoms with E-state index in [9.17, 15) is 0 Å². The molecule has 1 aliphatic heterocycles. The van der Waals surface area contributed by atoms with Crippen LogP contribution in [0.5, 0.6) is 11.5 Å². The van der Waals surface area contributed by atoms with E-state index in [-0.39, 0.29) is 5.95 Å². The summed E-state index contributed by atoms with van der Waals surface area (Å²) < 4.78 is 16.2. The molecule has 0 saturated carbocycles. The first kappa shape index (κ1) is 21.7. The monoisotopic (exact) mass is 462 g/mol. The van der Waals surface area contributed by atoms with Gasteiger partial charge in [0.2, 0.25) is 5.95 Å². The number of fused-ring (bicyclic) bond motifs is 1. The van der Waals surface area contributed by atoms with Crippen LogP contribution >= 0.6 is 23.2 Å². The molecular formula is C21H22Cl2N5O3-. The Bertz CT molecular complexity index is 1080. The highest BCUT2D eigenvalue weighted by molar-refractivity contribution is 6.41. The fraction of sp³-hybridized carbons (Fsp3) is 0.381. The Morgan fingerprint density at radius 1 is 1.10 bits per heavy atom. The lowest BCUT2D eigenvalue weighted by Crippen LogP contribution is -2.18. The second-order valence-corrected chi connectivity index (χ2v) is 7.93. The average Bonchev–Trinajstić information content (AvgIpc) is 2.78. The largest absolute Gasteiger partial charge is 0.495 e. The summed E-state index contributed by atoms with van der Waals surface area (Å²) in [5, 5.41) is 6.14. The van der Waals surface area contributed by atoms with Gasteiger partial charge in [-0.2, -0.15) is 0 Å². The van der Waals surface area contributed by atoms with Crippen LogP contribution in [0, 0.1) is 5.92 Å². The van der Waals surface area contributed by atoms with Gasteiger partial charge in [-0.1, -0.05) is 23.2 Å². The summed E-state index contributed by atoms with van der Waals surface area (Å²) in [4.78, 5) is 13.2. The zero-order valence-electron chi connectivity index (χ0n) is 17.2. The summed E-state index contributed by atoms with van der Waals surface area (Å²) in [5.41, 5.74) is 7.40. The number of nitrogens with zero attached hydrogens (tertiary/aromatic N) is 4. The smallest absolute Gasteiger partial charge is 0.220 e. The number of rotatable bonds is 6. The lowest BCUT2D eigenvalue weighted by molar-refractivity contribution is 0.0705. The third kappa shape index (κ3) is 4.42. The SMILES string of the molecule is COc1cc(OC)c(Cl)c(-c2cc3cnc(N)nc3c([N-]CC3CCOCC3)n2)c1Cl. The van der Waals surface area contributed by atoms with Crippen LogP contribution in [-0.4, -0.2) is 48.9 Å². The van der Waals surface area contributed by atoms with Gasteiger partial charge in [0.05, 0.1) is 29.8 Å². The molecule has 3 heterocycles. The lowest BCUT2D eigenvalue weighted by atomic mass is 10.0. The predicted molar refractivity (Wildman–Crippen MR) is 122 cm³/mol. The molecule has 4 rings (SSSR count). The third-order valence-corrected chi connectivity index (χ3v) is 5.99. The van der Waals surface area contributed by atoms with E-state index in [4.69, 9.17) is 53.4 Å². The highest BCUT2D eigenvalue weighted by Crippen LogP contribution is 2.46. The first-order valence-electron chi connectivity index (χ1n) is 9.80. The topological polar surface area (TPSA) is 106 Å². The molecule has 1 saturated heterocycles. The number of hydrogen-bond donors (Lipinski definition) is 1. The molecular weight excluding hydrogens is 441 g/mol. The fourth-order valence-electron chi connectivity index (χ4n) is 3.53. The van der Waals surface area contributed by atoms with Gasteiger partial charge in [-0.15, -0.1) is 0 Å². The molecule has 2 N–H and O–H groups in total. The minimum Gasteiger partial charge on any atom is -0.495 e. The summed E-state index contributed by atoms with van der Waals surface area (Å²) in [6, 6.07) is 3.43. The maximum atomic E-state index is 6.60. The van der Waals surface area contributed by atoms with E-state index in [1.807, 2.05) is 0 Å². The molecule has 10 heteroatoms. The maximum absolute atomic E-state index is 6.60. The number of benzene rings is 1. The number of nitrogen functional groups attached to an aromatic ring is 1. The van der Waals surface area contributed by atoms with E-state index in [1.54, 1.807) is 18.3 Å². The van der Waals surface area contributed by atoms with Gasteiger partial charge in [0.25, 0.3) is 0 Å². The summed E-state index contributed by atoms with van der Waals surface area (Å²) in [5.74, 6) is 1.89. The van der Waals surface area contributed by atoms with Crippen molar-refractivity contribution >= 4 is 45.9 Å². The highest BCUT2D eigenvalue weighted by Gasteiger charge is 2.19. The first-order valence-corrected chi connectivity index (χ1v) is 10.6. The van der Waals surface area contributed by atoms with Crippen LogP contribution < -0.4 is 15.2 Å². The van der Waals surface area contributed by atoms with Crippen LogP contribution in [0.1, 0.15) is 12.8 Å². The van der Waals surface area contributed by atoms with Crippen molar-refractivity contribution in [3.05, 3.63) is 33.7 Å². The summed E-state index contributed by atoms with van der Waals surface area (Å²) in [6.45, 7) is 2.11. The molecule has 164 valence electrons. The van der Waals surface area contributed by atoms with Gasteiger partial charge in [-0.3, -0.25) is 0 Å². The van der Waals surface area contributed by atoms with Crippen LogP contribution in [0.3, 0.4) is 0 Å². The van der Waals surface area contributed by atoms with Gasteiger partial charge in [0.15, 0.2) is 0 Å². The van der Waals surface area contributed by atoms with Gasteiger partial charge in [0.1, 0.15) is 11.5 Å². The number of hydrogen-bond acceptors (Lipinski definition) is 7. The van der Waals surface area contributed by atoms with Crippen molar-refractivity contribution in [2.75, 3.05) is 39.7 Å². The van der Waals surface area contributed by atoms with Gasteiger partial charge in [-0.25, -0.2) is 9.97 Å². The summed E-state index contributed by atoms with van der Waals surface area (Å²) >= 11 is 13.2. The quantitative estimate of drug-likeness (QED) is 0.547. The maximum Gasteiger partial charge on any atom is 0.220 e. The van der Waals surface area contributed by atoms with Crippen molar-refractivity contribution in [1.82, 2.24) is 15.0 Å². The van der Waals surface area contributed by atoms with E-state index in [2.05, 4.69) is 9.97 Å². The Balaban J connectivity index is 1.83. The van der Waals surface area contributed by atoms with Crippen LogP contribution in [0.4, 0.5) is 11.8 Å². The van der Waals surface area contributed by atoms with Crippen molar-refractivity contribution in [1.29, 1.82) is 0 Å². The Morgan fingerprint density at radius 3 is 2.42 bits per heavy atom. The Morgan fingerprint density at radius 2 is 1.77 bits per heavy atom. The lowest BCUT2D eigenvalue weighted by Gasteiger charge is -2.27. The molecule has 31 heavy (non-hydrogen) atoms. The molecule has 1 aromatic carbocycles. The molecule has 0 amide bonds. The second-order valence-electron chi connectivity index (χ2n) is 7.18. The zero-order chi connectivity index (χ0) is 22.0. The highest BCUT2D eigenvalue weighted by atomic mass is 35.5. The number of ether oxygens (including phenoxy) is 3. The molecule has 0 aliphatic carbocycles. The molecule has 2 aromatic heterocycles. The predicted octanol–water partition coefficient (Wildman–Crippen LogP) is 5.03. The second kappa shape index (κ2) is 9.30. The van der Waals surface area contributed by atoms with Gasteiger partial charge in [-0.05, 0) is 42.9 Å². The van der Waals surface area contributed by atoms with Crippen molar-refractivity contribution in [3.8, 4) is 22.8 Å². The van der Waals surface area contributed by atoms with Crippen LogP contribution in [0.2, 0.25) is 10.0 Å². The molecule has 0 unspecified atom stereocenters. The number of aromatic nitrogens is 3. The molecule has 1 aliphatic rings. The number of nitrogens with two attached hydrogens (primary N) is 1. The molecule has 3 aromatic rings. The first-order chi connectivity index (χ1) is 15.0. The van der Waals surface area contributed by atoms with Crippen LogP contribution in [-0.2, 0) is 4.74 Å². The average molecular weight is 463 g/mol. The number of halogens is 2. The molecule has 1 fully saturated rings. The fourth-order valence-corrected chi connectivity index (χ4v) is 4.22. The van der Waals surface area contributed by atoms with Crippen LogP contribution in [0.15, 0.2) is 18.3 Å². The van der Waals surface area contributed by atoms with Gasteiger partial charge in [0, 0.05) is 36.4 Å². The van der Waals surface area contributed by atoms with Crippen molar-refractivity contribution in [3.63, 3.8) is 0 Å². The standard InChI is InChI=1S/C21H22Cl2N5O3/c1-29-14-8-15(30-2)18(23)16(17(14)22)13-7-12-10-26-21(24)28-19(12)20(27-13)25-9-11-3-5-31-6-4-11/h7-8,10-11H,3-6,9H2,1-2H3,(H2-,24,25,26,27,28)/q-1. The molecule has 0 radical (unpaired) electrons. The summed E-state index contributed by atoms with van der Waals surface area (Å²) in [7, 11) is 3.05. The normalized spacial score (nSPS) is 14.6. The van der Waals surface area contributed by atoms with E-state index < -0.39 is 0 Å². The molecule has 0 atom stereocenters. The molecule has 0 spiro atoms. The van der Waals surface area contributed by atoms with Crippen molar-refractivity contribution < 1.29 is 14.2 Å². The summed E-state index contributed by atoms with van der Waals surface area (Å²) in [6.07, 6.45) is 3.56. The third-order valence-electron chi connectivity index (χ3n) is 5.24. The Kier molecular flexibility index (Phi) is 6.50. The molecule has 0 bridgehead atoms. The van der Waals surface area contributed by atoms with Gasteiger partial charge >= 0.3 is 0 Å². The Hall–Kier alpha value is -2.55. The number of methoxy groups -OCH3 is 2. The number of pyridine rings is 1. The van der Waals surface area contributed by atoms with E-state index in [1.165, 1.54) is 14.2 Å². The van der Waals surface area contributed by atoms with E-state index in [0.29, 0.717) is 56.6 Å². The van der Waals surface area contributed by atoms with Crippen molar-refractivity contribution in [2.24, 2.45) is 5.92 Å².